The molecule has 2 nitrogen and oxygen atoms in total. The Morgan fingerprint density at radius 1 is 1.42 bits per heavy atom. The van der Waals surface area contributed by atoms with Gasteiger partial charge in [-0.25, -0.2) is 4.39 Å². The summed E-state index contributed by atoms with van der Waals surface area (Å²) < 4.78 is 13.5. The highest BCUT2D eigenvalue weighted by Gasteiger charge is 2.19. The van der Waals surface area contributed by atoms with Gasteiger partial charge in [0.2, 0.25) is 0 Å². The number of rotatable bonds is 5. The first kappa shape index (κ1) is 16.1. The van der Waals surface area contributed by atoms with Crippen molar-refractivity contribution in [3.63, 3.8) is 0 Å². The second-order valence-corrected chi connectivity index (χ2v) is 6.62. The number of nitrogens with two attached hydrogens (primary N) is 1. The van der Waals surface area contributed by atoms with Crippen LogP contribution in [0.5, 0.6) is 0 Å². The van der Waals surface area contributed by atoms with Crippen molar-refractivity contribution >= 4 is 17.4 Å². The molecule has 1 aromatic rings. The smallest absolute Gasteiger partial charge is 0.138 e. The summed E-state index contributed by atoms with van der Waals surface area (Å²) in [5.74, 6) is -0.458. The zero-order valence-electron chi connectivity index (χ0n) is 11.7. The molecule has 0 saturated heterocycles. The lowest BCUT2D eigenvalue weighted by molar-refractivity contribution is -0.118. The van der Waals surface area contributed by atoms with E-state index in [2.05, 4.69) is 20.8 Å². The Morgan fingerprint density at radius 2 is 2.05 bits per heavy atom. The van der Waals surface area contributed by atoms with E-state index in [0.717, 1.165) is 6.42 Å². The van der Waals surface area contributed by atoms with Gasteiger partial charge < -0.3 is 5.73 Å². The van der Waals surface area contributed by atoms with E-state index in [1.807, 2.05) is 0 Å². The largest absolute Gasteiger partial charge is 0.327 e. The van der Waals surface area contributed by atoms with Crippen molar-refractivity contribution in [2.24, 2.45) is 11.1 Å². The highest BCUT2D eigenvalue weighted by atomic mass is 35.5. The Labute approximate surface area is 119 Å². The van der Waals surface area contributed by atoms with Crippen molar-refractivity contribution in [3.8, 4) is 0 Å². The van der Waals surface area contributed by atoms with Gasteiger partial charge in [-0.15, -0.1) is 0 Å². The van der Waals surface area contributed by atoms with Crippen molar-refractivity contribution in [2.45, 2.75) is 46.1 Å². The number of benzene rings is 1. The van der Waals surface area contributed by atoms with E-state index in [-0.39, 0.29) is 30.1 Å². The van der Waals surface area contributed by atoms with Gasteiger partial charge in [-0.05, 0) is 35.6 Å². The number of carbonyl (C=O) groups is 1. The number of hydrogen-bond donors (Lipinski definition) is 1. The standard InChI is InChI=1S/C15H21ClFNO/c1-15(2,3)9-12(18)8-13(19)7-10-6-11(16)4-5-14(10)17/h4-6,12H,7-9,18H2,1-3H3. The van der Waals surface area contributed by atoms with Crippen LogP contribution in [0.3, 0.4) is 0 Å². The summed E-state index contributed by atoms with van der Waals surface area (Å²) in [6.07, 6.45) is 1.07. The Balaban J connectivity index is 2.58. The lowest BCUT2D eigenvalue weighted by Crippen LogP contribution is -2.29. The van der Waals surface area contributed by atoms with E-state index >= 15 is 0 Å². The van der Waals surface area contributed by atoms with Crippen LogP contribution in [0, 0.1) is 11.2 Å². The summed E-state index contributed by atoms with van der Waals surface area (Å²) in [7, 11) is 0. The van der Waals surface area contributed by atoms with Gasteiger partial charge in [0.15, 0.2) is 0 Å². The minimum atomic E-state index is -0.401. The molecule has 0 radical (unpaired) electrons. The van der Waals surface area contributed by atoms with Crippen LogP contribution in [-0.4, -0.2) is 11.8 Å². The van der Waals surface area contributed by atoms with Gasteiger partial charge in [-0.2, -0.15) is 0 Å². The Bertz CT molecular complexity index is 454. The zero-order chi connectivity index (χ0) is 14.6. The van der Waals surface area contributed by atoms with Crippen molar-refractivity contribution in [2.75, 3.05) is 0 Å². The maximum absolute atomic E-state index is 13.5. The third kappa shape index (κ3) is 6.17. The molecule has 1 rings (SSSR count). The Kier molecular flexibility index (Phi) is 5.50. The van der Waals surface area contributed by atoms with E-state index < -0.39 is 5.82 Å². The van der Waals surface area contributed by atoms with Crippen LogP contribution < -0.4 is 5.73 Å². The molecule has 2 N–H and O–H groups in total. The van der Waals surface area contributed by atoms with Gasteiger partial charge in [0.1, 0.15) is 11.6 Å². The summed E-state index contributed by atoms with van der Waals surface area (Å²) in [5.41, 5.74) is 6.36. The van der Waals surface area contributed by atoms with Crippen LogP contribution >= 0.6 is 11.6 Å². The van der Waals surface area contributed by atoms with Crippen LogP contribution in [0.2, 0.25) is 5.02 Å². The molecule has 0 heterocycles. The molecular formula is C15H21ClFNO. The molecular weight excluding hydrogens is 265 g/mol. The molecule has 0 amide bonds. The fraction of sp³-hybridized carbons (Fsp3) is 0.533. The minimum absolute atomic E-state index is 0.0459. The minimum Gasteiger partial charge on any atom is -0.327 e. The predicted octanol–water partition coefficient (Wildman–Crippen LogP) is 3.74. The van der Waals surface area contributed by atoms with Crippen LogP contribution in [0.1, 0.15) is 39.2 Å². The van der Waals surface area contributed by atoms with E-state index in [0.29, 0.717) is 10.6 Å². The summed E-state index contributed by atoms with van der Waals surface area (Å²) in [5, 5.41) is 0.434. The van der Waals surface area contributed by atoms with Gasteiger partial charge in [-0.3, -0.25) is 4.79 Å². The molecule has 0 bridgehead atoms. The van der Waals surface area contributed by atoms with Gasteiger partial charge in [0, 0.05) is 23.9 Å². The number of carbonyl (C=O) groups excluding carboxylic acids is 1. The fourth-order valence-corrected chi connectivity index (χ4v) is 2.31. The van der Waals surface area contributed by atoms with Crippen molar-refractivity contribution in [1.82, 2.24) is 0 Å². The van der Waals surface area contributed by atoms with E-state index in [1.54, 1.807) is 0 Å². The number of Topliss-reactive ketones (excluding diaryl/α,β-unsaturated/α-hetero) is 1. The monoisotopic (exact) mass is 285 g/mol. The first-order valence-electron chi connectivity index (χ1n) is 6.38. The molecule has 106 valence electrons. The van der Waals surface area contributed by atoms with Crippen LogP contribution in [0.25, 0.3) is 0 Å². The quantitative estimate of drug-likeness (QED) is 0.895. The average molecular weight is 286 g/mol. The van der Waals surface area contributed by atoms with Crippen molar-refractivity contribution in [1.29, 1.82) is 0 Å². The van der Waals surface area contributed by atoms with Gasteiger partial charge in [0.05, 0.1) is 0 Å². The fourth-order valence-electron chi connectivity index (χ4n) is 2.11. The van der Waals surface area contributed by atoms with Gasteiger partial charge in [0.25, 0.3) is 0 Å². The normalized spacial score (nSPS) is 13.4. The molecule has 4 heteroatoms. The Morgan fingerprint density at radius 3 is 2.63 bits per heavy atom. The summed E-state index contributed by atoms with van der Waals surface area (Å²) >= 11 is 5.79. The van der Waals surface area contributed by atoms with Crippen molar-refractivity contribution in [3.05, 3.63) is 34.6 Å². The maximum atomic E-state index is 13.5. The molecule has 1 atom stereocenters. The number of ketones is 1. The molecule has 0 aliphatic carbocycles. The van der Waals surface area contributed by atoms with Crippen LogP contribution in [-0.2, 0) is 11.2 Å². The molecule has 1 unspecified atom stereocenters. The third-order valence-electron chi connectivity index (χ3n) is 2.76. The molecule has 0 aliphatic rings. The number of hydrogen-bond acceptors (Lipinski definition) is 2. The van der Waals surface area contributed by atoms with Gasteiger partial charge in [-0.1, -0.05) is 32.4 Å². The first-order valence-corrected chi connectivity index (χ1v) is 6.76. The molecule has 19 heavy (non-hydrogen) atoms. The summed E-state index contributed by atoms with van der Waals surface area (Å²) in [6.45, 7) is 6.23. The average Bonchev–Trinajstić information content (AvgIpc) is 2.20. The molecule has 0 aliphatic heterocycles. The lowest BCUT2D eigenvalue weighted by Gasteiger charge is -2.22. The highest BCUT2D eigenvalue weighted by molar-refractivity contribution is 6.30. The van der Waals surface area contributed by atoms with Crippen LogP contribution in [0.4, 0.5) is 4.39 Å². The highest BCUT2D eigenvalue weighted by Crippen LogP contribution is 2.22. The number of halogens is 2. The zero-order valence-corrected chi connectivity index (χ0v) is 12.4. The van der Waals surface area contributed by atoms with E-state index in [9.17, 15) is 9.18 Å². The first-order chi connectivity index (χ1) is 8.67. The second-order valence-electron chi connectivity index (χ2n) is 6.18. The molecule has 0 aromatic heterocycles. The summed E-state index contributed by atoms with van der Waals surface area (Å²) in [4.78, 5) is 11.9. The van der Waals surface area contributed by atoms with E-state index in [4.69, 9.17) is 17.3 Å². The predicted molar refractivity (Wildman–Crippen MR) is 76.8 cm³/mol. The molecule has 1 aromatic carbocycles. The SMILES string of the molecule is CC(C)(C)CC(N)CC(=O)Cc1cc(Cl)ccc1F. The topological polar surface area (TPSA) is 43.1 Å². The van der Waals surface area contributed by atoms with Crippen molar-refractivity contribution < 1.29 is 9.18 Å². The van der Waals surface area contributed by atoms with Crippen LogP contribution in [0.15, 0.2) is 18.2 Å². The maximum Gasteiger partial charge on any atom is 0.138 e. The molecule has 0 fully saturated rings. The Hall–Kier alpha value is -0.930. The summed E-state index contributed by atoms with van der Waals surface area (Å²) in [6, 6.07) is 4.05. The molecule has 0 saturated carbocycles. The molecule has 0 spiro atoms. The van der Waals surface area contributed by atoms with Gasteiger partial charge >= 0.3 is 0 Å². The second kappa shape index (κ2) is 6.49. The third-order valence-corrected chi connectivity index (χ3v) is 2.99. The van der Waals surface area contributed by atoms with E-state index in [1.165, 1.54) is 18.2 Å². The lowest BCUT2D eigenvalue weighted by atomic mass is 9.86.